The molecule has 0 radical (unpaired) electrons. The summed E-state index contributed by atoms with van der Waals surface area (Å²) in [7, 11) is 1.62. The Morgan fingerprint density at radius 2 is 1.87 bits per heavy atom. The Morgan fingerprint density at radius 3 is 2.27 bits per heavy atom. The molecule has 1 aromatic carbocycles. The van der Waals surface area contributed by atoms with Crippen molar-refractivity contribution >= 4 is 11.6 Å². The van der Waals surface area contributed by atoms with Gasteiger partial charge in [0, 0.05) is 6.04 Å². The van der Waals surface area contributed by atoms with Crippen molar-refractivity contribution in [1.29, 1.82) is 0 Å². The molecule has 0 amide bonds. The van der Waals surface area contributed by atoms with Gasteiger partial charge in [-0.3, -0.25) is 0 Å². The quantitative estimate of drug-likeness (QED) is 0.858. The minimum Gasteiger partial charge on any atom is -0.495 e. The third kappa shape index (κ3) is 2.64. The van der Waals surface area contributed by atoms with E-state index in [1.54, 1.807) is 7.11 Å². The van der Waals surface area contributed by atoms with Crippen LogP contribution in [-0.2, 0) is 0 Å². The van der Waals surface area contributed by atoms with E-state index in [9.17, 15) is 0 Å². The summed E-state index contributed by atoms with van der Waals surface area (Å²) >= 11 is 6.18. The molecule has 0 spiro atoms. The monoisotopic (exact) mass is 227 g/mol. The molecule has 15 heavy (non-hydrogen) atoms. The molecule has 0 saturated carbocycles. The van der Waals surface area contributed by atoms with Crippen LogP contribution in [0.25, 0.3) is 0 Å². The van der Waals surface area contributed by atoms with Crippen LogP contribution in [0.5, 0.6) is 5.75 Å². The molecule has 2 N–H and O–H groups in total. The molecule has 3 heteroatoms. The Kier molecular flexibility index (Phi) is 4.00. The first-order valence-electron chi connectivity index (χ1n) is 5.10. The first-order chi connectivity index (χ1) is 6.97. The van der Waals surface area contributed by atoms with Gasteiger partial charge in [-0.2, -0.15) is 0 Å². The molecule has 0 saturated heterocycles. The molecule has 1 atom stereocenters. The first-order valence-corrected chi connectivity index (χ1v) is 5.48. The minimum atomic E-state index is -0.0786. The number of benzene rings is 1. The van der Waals surface area contributed by atoms with Crippen LogP contribution < -0.4 is 10.5 Å². The SMILES string of the molecule is COc1cc(C(C)C)cc(C(C)N)c1Cl. The Morgan fingerprint density at radius 1 is 1.27 bits per heavy atom. The second-order valence-electron chi connectivity index (χ2n) is 4.07. The summed E-state index contributed by atoms with van der Waals surface area (Å²) in [5.74, 6) is 1.14. The van der Waals surface area contributed by atoms with Gasteiger partial charge in [-0.15, -0.1) is 0 Å². The van der Waals surface area contributed by atoms with E-state index in [4.69, 9.17) is 22.1 Å². The fourth-order valence-corrected chi connectivity index (χ4v) is 1.81. The van der Waals surface area contributed by atoms with Gasteiger partial charge < -0.3 is 10.5 Å². The molecule has 0 bridgehead atoms. The van der Waals surface area contributed by atoms with Gasteiger partial charge in [0.1, 0.15) is 5.75 Å². The van der Waals surface area contributed by atoms with Crippen LogP contribution >= 0.6 is 11.6 Å². The van der Waals surface area contributed by atoms with Gasteiger partial charge in [0.05, 0.1) is 12.1 Å². The zero-order valence-electron chi connectivity index (χ0n) is 9.67. The lowest BCUT2D eigenvalue weighted by molar-refractivity contribution is 0.413. The molecule has 0 aliphatic carbocycles. The van der Waals surface area contributed by atoms with Crippen molar-refractivity contribution in [2.75, 3.05) is 7.11 Å². The third-order valence-electron chi connectivity index (χ3n) is 2.47. The summed E-state index contributed by atoms with van der Waals surface area (Å²) < 4.78 is 5.24. The van der Waals surface area contributed by atoms with Crippen LogP contribution in [0.4, 0.5) is 0 Å². The molecule has 0 aliphatic heterocycles. The number of ether oxygens (including phenoxy) is 1. The number of rotatable bonds is 3. The first kappa shape index (κ1) is 12.3. The van der Waals surface area contributed by atoms with E-state index in [2.05, 4.69) is 19.9 Å². The Bertz CT molecular complexity index is 348. The van der Waals surface area contributed by atoms with Gasteiger partial charge in [-0.25, -0.2) is 0 Å². The van der Waals surface area contributed by atoms with Gasteiger partial charge in [0.15, 0.2) is 0 Å². The minimum absolute atomic E-state index is 0.0786. The summed E-state index contributed by atoms with van der Waals surface area (Å²) in [5.41, 5.74) is 8.01. The number of hydrogen-bond donors (Lipinski definition) is 1. The maximum Gasteiger partial charge on any atom is 0.138 e. The summed E-state index contributed by atoms with van der Waals surface area (Å²) in [5, 5.41) is 0.622. The largest absolute Gasteiger partial charge is 0.495 e. The number of nitrogens with two attached hydrogens (primary N) is 1. The van der Waals surface area contributed by atoms with E-state index in [0.29, 0.717) is 16.7 Å². The van der Waals surface area contributed by atoms with Crippen molar-refractivity contribution in [2.24, 2.45) is 5.73 Å². The van der Waals surface area contributed by atoms with Crippen molar-refractivity contribution in [3.63, 3.8) is 0 Å². The Balaban J connectivity index is 3.32. The molecule has 0 aromatic heterocycles. The number of methoxy groups -OCH3 is 1. The van der Waals surface area contributed by atoms with Crippen LogP contribution in [0.3, 0.4) is 0 Å². The number of halogens is 1. The van der Waals surface area contributed by atoms with E-state index >= 15 is 0 Å². The summed E-state index contributed by atoms with van der Waals surface area (Å²) in [6.07, 6.45) is 0. The highest BCUT2D eigenvalue weighted by Gasteiger charge is 2.13. The maximum absolute atomic E-state index is 6.18. The topological polar surface area (TPSA) is 35.2 Å². The molecular formula is C12H18ClNO. The van der Waals surface area contributed by atoms with Crippen molar-refractivity contribution in [3.8, 4) is 5.75 Å². The van der Waals surface area contributed by atoms with Gasteiger partial charge in [0.2, 0.25) is 0 Å². The predicted octanol–water partition coefficient (Wildman–Crippen LogP) is 3.49. The van der Waals surface area contributed by atoms with Crippen molar-refractivity contribution in [3.05, 3.63) is 28.3 Å². The lowest BCUT2D eigenvalue weighted by Crippen LogP contribution is -2.07. The van der Waals surface area contributed by atoms with E-state index in [1.807, 2.05) is 13.0 Å². The lowest BCUT2D eigenvalue weighted by Gasteiger charge is -2.16. The van der Waals surface area contributed by atoms with Crippen LogP contribution in [-0.4, -0.2) is 7.11 Å². The van der Waals surface area contributed by atoms with E-state index in [-0.39, 0.29) is 6.04 Å². The highest BCUT2D eigenvalue weighted by Crippen LogP contribution is 2.34. The summed E-state index contributed by atoms with van der Waals surface area (Å²) in [6, 6.07) is 3.95. The summed E-state index contributed by atoms with van der Waals surface area (Å²) in [6.45, 7) is 6.19. The van der Waals surface area contributed by atoms with Crippen LogP contribution in [0, 0.1) is 0 Å². The van der Waals surface area contributed by atoms with E-state index in [1.165, 1.54) is 5.56 Å². The second-order valence-corrected chi connectivity index (χ2v) is 4.45. The van der Waals surface area contributed by atoms with Crippen LogP contribution in [0.2, 0.25) is 5.02 Å². The van der Waals surface area contributed by atoms with Gasteiger partial charge in [0.25, 0.3) is 0 Å². The smallest absolute Gasteiger partial charge is 0.138 e. The van der Waals surface area contributed by atoms with E-state index in [0.717, 1.165) is 5.56 Å². The van der Waals surface area contributed by atoms with Crippen molar-refractivity contribution < 1.29 is 4.74 Å². The van der Waals surface area contributed by atoms with Gasteiger partial charge in [-0.05, 0) is 30.0 Å². The Hall–Kier alpha value is -0.730. The third-order valence-corrected chi connectivity index (χ3v) is 2.87. The highest BCUT2D eigenvalue weighted by atomic mass is 35.5. The van der Waals surface area contributed by atoms with Crippen LogP contribution in [0.15, 0.2) is 12.1 Å². The normalized spacial score (nSPS) is 13.0. The molecule has 84 valence electrons. The van der Waals surface area contributed by atoms with Gasteiger partial charge in [-0.1, -0.05) is 31.5 Å². The second kappa shape index (κ2) is 4.86. The average molecular weight is 228 g/mol. The fourth-order valence-electron chi connectivity index (χ4n) is 1.45. The standard InChI is InChI=1S/C12H18ClNO/c1-7(2)9-5-10(8(3)14)12(13)11(6-9)15-4/h5-8H,14H2,1-4H3. The van der Waals surface area contributed by atoms with Gasteiger partial charge >= 0.3 is 0 Å². The van der Waals surface area contributed by atoms with Crippen molar-refractivity contribution in [2.45, 2.75) is 32.7 Å². The van der Waals surface area contributed by atoms with E-state index < -0.39 is 0 Å². The molecule has 0 aliphatic rings. The fraction of sp³-hybridized carbons (Fsp3) is 0.500. The molecule has 0 fully saturated rings. The number of hydrogen-bond acceptors (Lipinski definition) is 2. The molecule has 1 unspecified atom stereocenters. The predicted molar refractivity (Wildman–Crippen MR) is 64.7 cm³/mol. The zero-order chi connectivity index (χ0) is 11.6. The molecule has 2 nitrogen and oxygen atoms in total. The molecule has 0 heterocycles. The Labute approximate surface area is 96.4 Å². The average Bonchev–Trinajstić information content (AvgIpc) is 2.17. The highest BCUT2D eigenvalue weighted by molar-refractivity contribution is 6.32. The maximum atomic E-state index is 6.18. The molecule has 1 aromatic rings. The van der Waals surface area contributed by atoms with Crippen molar-refractivity contribution in [1.82, 2.24) is 0 Å². The zero-order valence-corrected chi connectivity index (χ0v) is 10.4. The van der Waals surface area contributed by atoms with Crippen LogP contribution in [0.1, 0.15) is 43.9 Å². The lowest BCUT2D eigenvalue weighted by atomic mass is 9.98. The summed E-state index contributed by atoms with van der Waals surface area (Å²) in [4.78, 5) is 0. The molecule has 1 rings (SSSR count). The molecular weight excluding hydrogens is 210 g/mol.